The van der Waals surface area contributed by atoms with Gasteiger partial charge in [-0.15, -0.1) is 11.8 Å². The van der Waals surface area contributed by atoms with Crippen molar-refractivity contribution in [1.82, 2.24) is 0 Å². The standard InChI is InChI=1S/C9H9NO2S2/c11-10(12)8-6-13-9(14-8)7-4-2-1-3-5-7/h1-5,8-9H,6H2. The van der Waals surface area contributed by atoms with Gasteiger partial charge in [0.05, 0.1) is 10.3 Å². The molecule has 1 aromatic rings. The Morgan fingerprint density at radius 1 is 1.36 bits per heavy atom. The molecule has 2 atom stereocenters. The largest absolute Gasteiger partial charge is 0.268 e. The van der Waals surface area contributed by atoms with Crippen LogP contribution in [0.1, 0.15) is 10.1 Å². The minimum Gasteiger partial charge on any atom is -0.263 e. The van der Waals surface area contributed by atoms with Crippen LogP contribution in [0.2, 0.25) is 0 Å². The lowest BCUT2D eigenvalue weighted by molar-refractivity contribution is -0.489. The van der Waals surface area contributed by atoms with Crippen molar-refractivity contribution in [3.8, 4) is 0 Å². The molecule has 1 aliphatic rings. The van der Waals surface area contributed by atoms with E-state index in [4.69, 9.17) is 0 Å². The first kappa shape index (κ1) is 9.86. The smallest absolute Gasteiger partial charge is 0.263 e. The Bertz CT molecular complexity index is 331. The second kappa shape index (κ2) is 4.23. The summed E-state index contributed by atoms with van der Waals surface area (Å²) >= 11 is 3.09. The van der Waals surface area contributed by atoms with Crippen molar-refractivity contribution < 1.29 is 4.92 Å². The SMILES string of the molecule is O=[N+]([O-])C1CSC(c2ccccc2)S1. The summed E-state index contributed by atoms with van der Waals surface area (Å²) in [5, 5.41) is 10.1. The molecule has 0 radical (unpaired) electrons. The number of rotatable bonds is 2. The molecule has 2 rings (SSSR count). The van der Waals surface area contributed by atoms with Crippen LogP contribution in [0.25, 0.3) is 0 Å². The molecule has 0 aromatic heterocycles. The number of thioether (sulfide) groups is 2. The first-order valence-electron chi connectivity index (χ1n) is 4.23. The summed E-state index contributed by atoms with van der Waals surface area (Å²) in [6.45, 7) is 0. The molecule has 3 nitrogen and oxygen atoms in total. The highest BCUT2D eigenvalue weighted by Gasteiger charge is 2.34. The maximum absolute atomic E-state index is 10.5. The molecule has 1 heterocycles. The van der Waals surface area contributed by atoms with E-state index in [0.717, 1.165) is 0 Å². The fourth-order valence-electron chi connectivity index (χ4n) is 1.29. The fourth-order valence-corrected chi connectivity index (χ4v) is 4.28. The van der Waals surface area contributed by atoms with Crippen LogP contribution in [0.3, 0.4) is 0 Å². The molecule has 0 amide bonds. The van der Waals surface area contributed by atoms with Gasteiger partial charge in [0.1, 0.15) is 0 Å². The number of nitro groups is 1. The van der Waals surface area contributed by atoms with Crippen LogP contribution < -0.4 is 0 Å². The highest BCUT2D eigenvalue weighted by atomic mass is 32.2. The van der Waals surface area contributed by atoms with Gasteiger partial charge in [-0.2, -0.15) is 0 Å². The number of benzene rings is 1. The highest BCUT2D eigenvalue weighted by molar-refractivity contribution is 8.19. The summed E-state index contributed by atoms with van der Waals surface area (Å²) in [4.78, 5) is 10.4. The van der Waals surface area contributed by atoms with Crippen LogP contribution in [0, 0.1) is 10.1 Å². The first-order chi connectivity index (χ1) is 6.77. The van der Waals surface area contributed by atoms with Crippen molar-refractivity contribution in [2.75, 3.05) is 5.75 Å². The van der Waals surface area contributed by atoms with Gasteiger partial charge in [0, 0.05) is 4.92 Å². The maximum atomic E-state index is 10.5. The molecule has 5 heteroatoms. The molecule has 0 aliphatic carbocycles. The lowest BCUT2D eigenvalue weighted by Gasteiger charge is -2.06. The van der Waals surface area contributed by atoms with Gasteiger partial charge < -0.3 is 0 Å². The average Bonchev–Trinajstić information content (AvgIpc) is 2.68. The van der Waals surface area contributed by atoms with E-state index in [1.807, 2.05) is 30.3 Å². The van der Waals surface area contributed by atoms with E-state index in [-0.39, 0.29) is 9.51 Å². The Morgan fingerprint density at radius 3 is 2.64 bits per heavy atom. The molecule has 74 valence electrons. The number of nitrogens with zero attached hydrogens (tertiary/aromatic N) is 1. The predicted molar refractivity (Wildman–Crippen MR) is 60.0 cm³/mol. The van der Waals surface area contributed by atoms with Crippen molar-refractivity contribution in [3.63, 3.8) is 0 Å². The van der Waals surface area contributed by atoms with Crippen molar-refractivity contribution in [2.45, 2.75) is 9.96 Å². The summed E-state index contributed by atoms with van der Waals surface area (Å²) in [7, 11) is 0. The van der Waals surface area contributed by atoms with Gasteiger partial charge in [0.25, 0.3) is 5.37 Å². The van der Waals surface area contributed by atoms with Gasteiger partial charge in [-0.1, -0.05) is 42.1 Å². The Morgan fingerprint density at radius 2 is 2.07 bits per heavy atom. The molecule has 1 aromatic carbocycles. The third kappa shape index (κ3) is 2.04. The topological polar surface area (TPSA) is 43.1 Å². The van der Waals surface area contributed by atoms with Crippen molar-refractivity contribution in [2.24, 2.45) is 0 Å². The molecule has 14 heavy (non-hydrogen) atoms. The molecule has 0 saturated carbocycles. The van der Waals surface area contributed by atoms with E-state index in [2.05, 4.69) is 0 Å². The minimum atomic E-state index is -0.440. The predicted octanol–water partition coefficient (Wildman–Crippen LogP) is 2.77. The van der Waals surface area contributed by atoms with Gasteiger partial charge in [-0.3, -0.25) is 10.1 Å². The van der Waals surface area contributed by atoms with E-state index in [9.17, 15) is 10.1 Å². The molecule has 2 unspecified atom stereocenters. The lowest BCUT2D eigenvalue weighted by Crippen LogP contribution is -2.13. The van der Waals surface area contributed by atoms with Crippen molar-refractivity contribution in [3.05, 3.63) is 46.0 Å². The summed E-state index contributed by atoms with van der Waals surface area (Å²) in [5.41, 5.74) is 1.17. The summed E-state index contributed by atoms with van der Waals surface area (Å²) in [6, 6.07) is 9.94. The van der Waals surface area contributed by atoms with Gasteiger partial charge in [0.15, 0.2) is 0 Å². The van der Waals surface area contributed by atoms with E-state index in [1.165, 1.54) is 17.3 Å². The third-order valence-electron chi connectivity index (χ3n) is 1.98. The van der Waals surface area contributed by atoms with E-state index in [1.54, 1.807) is 11.8 Å². The fraction of sp³-hybridized carbons (Fsp3) is 0.333. The van der Waals surface area contributed by atoms with Gasteiger partial charge in [-0.25, -0.2) is 0 Å². The zero-order valence-electron chi connectivity index (χ0n) is 7.33. The van der Waals surface area contributed by atoms with Crippen LogP contribution in [0.5, 0.6) is 0 Å². The third-order valence-corrected chi connectivity index (χ3v) is 5.19. The van der Waals surface area contributed by atoms with Crippen LogP contribution in [-0.2, 0) is 0 Å². The zero-order valence-corrected chi connectivity index (χ0v) is 8.96. The molecule has 0 N–H and O–H groups in total. The second-order valence-corrected chi connectivity index (χ2v) is 5.68. The van der Waals surface area contributed by atoms with E-state index < -0.39 is 5.37 Å². The Hall–Kier alpha value is -0.680. The maximum Gasteiger partial charge on any atom is 0.268 e. The zero-order chi connectivity index (χ0) is 9.97. The van der Waals surface area contributed by atoms with Crippen LogP contribution >= 0.6 is 23.5 Å². The first-order valence-corrected chi connectivity index (χ1v) is 6.22. The summed E-state index contributed by atoms with van der Waals surface area (Å²) in [5.74, 6) is 0.608. The lowest BCUT2D eigenvalue weighted by atomic mass is 10.2. The Labute approximate surface area is 90.4 Å². The average molecular weight is 227 g/mol. The van der Waals surface area contributed by atoms with E-state index >= 15 is 0 Å². The van der Waals surface area contributed by atoms with Crippen molar-refractivity contribution in [1.29, 1.82) is 0 Å². The molecular formula is C9H9NO2S2. The van der Waals surface area contributed by atoms with Gasteiger partial charge >= 0.3 is 0 Å². The van der Waals surface area contributed by atoms with Gasteiger partial charge in [0.2, 0.25) is 0 Å². The normalized spacial score (nSPS) is 26.3. The number of hydrogen-bond acceptors (Lipinski definition) is 4. The minimum absolute atomic E-state index is 0.194. The monoisotopic (exact) mass is 227 g/mol. The van der Waals surface area contributed by atoms with E-state index in [0.29, 0.717) is 5.75 Å². The molecular weight excluding hydrogens is 218 g/mol. The molecule has 1 fully saturated rings. The van der Waals surface area contributed by atoms with Crippen LogP contribution in [-0.4, -0.2) is 16.1 Å². The Balaban J connectivity index is 2.06. The highest BCUT2D eigenvalue weighted by Crippen LogP contribution is 2.49. The van der Waals surface area contributed by atoms with Crippen LogP contribution in [0.15, 0.2) is 30.3 Å². The number of hydrogen-bond donors (Lipinski definition) is 0. The van der Waals surface area contributed by atoms with Crippen molar-refractivity contribution >= 4 is 23.5 Å². The summed E-state index contributed by atoms with van der Waals surface area (Å²) < 4.78 is 0.228. The molecule has 1 saturated heterocycles. The second-order valence-electron chi connectivity index (χ2n) is 2.95. The Kier molecular flexibility index (Phi) is 2.98. The molecule has 0 bridgehead atoms. The quantitative estimate of drug-likeness (QED) is 0.575. The molecule has 1 aliphatic heterocycles. The summed E-state index contributed by atoms with van der Waals surface area (Å²) in [6.07, 6.45) is 0. The van der Waals surface area contributed by atoms with Crippen LogP contribution in [0.4, 0.5) is 0 Å². The molecule has 0 spiro atoms. The van der Waals surface area contributed by atoms with Gasteiger partial charge in [-0.05, 0) is 5.56 Å².